The molecule has 2 aromatic rings. The van der Waals surface area contributed by atoms with E-state index in [4.69, 9.17) is 9.26 Å². The highest BCUT2D eigenvalue weighted by Gasteiger charge is 2.27. The van der Waals surface area contributed by atoms with Crippen molar-refractivity contribution in [3.05, 3.63) is 40.8 Å². The number of amides is 1. The Kier molecular flexibility index (Phi) is 3.21. The number of fused-ring (bicyclic) bond motifs is 1. The van der Waals surface area contributed by atoms with E-state index in [0.717, 1.165) is 17.5 Å². The quantitative estimate of drug-likeness (QED) is 0.807. The maximum Gasteiger partial charge on any atom is 0.265 e. The molecule has 108 valence electrons. The summed E-state index contributed by atoms with van der Waals surface area (Å²) in [4.78, 5) is 24.7. The van der Waals surface area contributed by atoms with Gasteiger partial charge in [0.1, 0.15) is 17.8 Å². The SMILES string of the molecule is Cc1noc(C)c1CN1C(=O)COc2ccc(C=O)cc21. The van der Waals surface area contributed by atoms with Crippen LogP contribution in [0.3, 0.4) is 0 Å². The Morgan fingerprint density at radius 2 is 2.19 bits per heavy atom. The fourth-order valence-corrected chi connectivity index (χ4v) is 2.35. The number of aromatic nitrogens is 1. The summed E-state index contributed by atoms with van der Waals surface area (Å²) >= 11 is 0. The lowest BCUT2D eigenvalue weighted by Gasteiger charge is -2.29. The fourth-order valence-electron chi connectivity index (χ4n) is 2.35. The molecule has 6 heteroatoms. The van der Waals surface area contributed by atoms with Crippen molar-refractivity contribution in [2.75, 3.05) is 11.5 Å². The molecule has 0 saturated carbocycles. The number of nitrogens with zero attached hydrogens (tertiary/aromatic N) is 2. The fraction of sp³-hybridized carbons (Fsp3) is 0.267. The molecule has 1 aromatic heterocycles. The summed E-state index contributed by atoms with van der Waals surface area (Å²) in [6, 6.07) is 5.01. The van der Waals surface area contributed by atoms with E-state index in [1.807, 2.05) is 13.8 Å². The van der Waals surface area contributed by atoms with Crippen LogP contribution in [0.5, 0.6) is 5.75 Å². The van der Waals surface area contributed by atoms with Crippen LogP contribution < -0.4 is 9.64 Å². The van der Waals surface area contributed by atoms with Crippen LogP contribution in [0.1, 0.15) is 27.4 Å². The molecule has 0 unspecified atom stereocenters. The molecule has 0 spiro atoms. The van der Waals surface area contributed by atoms with E-state index >= 15 is 0 Å². The van der Waals surface area contributed by atoms with Gasteiger partial charge in [-0.3, -0.25) is 9.59 Å². The third-order valence-corrected chi connectivity index (χ3v) is 3.56. The van der Waals surface area contributed by atoms with Gasteiger partial charge in [0.05, 0.1) is 17.9 Å². The van der Waals surface area contributed by atoms with Crippen molar-refractivity contribution in [2.45, 2.75) is 20.4 Å². The minimum absolute atomic E-state index is 0.0171. The van der Waals surface area contributed by atoms with Crippen molar-refractivity contribution >= 4 is 17.9 Å². The average Bonchev–Trinajstić information content (AvgIpc) is 2.81. The van der Waals surface area contributed by atoms with Crippen LogP contribution in [0.2, 0.25) is 0 Å². The first-order valence-electron chi connectivity index (χ1n) is 6.54. The van der Waals surface area contributed by atoms with Gasteiger partial charge >= 0.3 is 0 Å². The number of aldehydes is 1. The molecule has 3 rings (SSSR count). The van der Waals surface area contributed by atoms with Crippen LogP contribution in [-0.4, -0.2) is 24.0 Å². The molecule has 21 heavy (non-hydrogen) atoms. The smallest absolute Gasteiger partial charge is 0.265 e. The van der Waals surface area contributed by atoms with Crippen molar-refractivity contribution in [3.63, 3.8) is 0 Å². The van der Waals surface area contributed by atoms with Gasteiger partial charge in [0.25, 0.3) is 5.91 Å². The lowest BCUT2D eigenvalue weighted by atomic mass is 10.1. The number of aryl methyl sites for hydroxylation is 2. The minimum Gasteiger partial charge on any atom is -0.482 e. The number of benzene rings is 1. The van der Waals surface area contributed by atoms with Gasteiger partial charge in [0, 0.05) is 11.1 Å². The highest BCUT2D eigenvalue weighted by Crippen LogP contribution is 2.34. The highest BCUT2D eigenvalue weighted by atomic mass is 16.5. The molecule has 0 fully saturated rings. The van der Waals surface area contributed by atoms with Gasteiger partial charge in [0.2, 0.25) is 0 Å². The summed E-state index contributed by atoms with van der Waals surface area (Å²) in [6.07, 6.45) is 0.743. The molecular weight excluding hydrogens is 272 g/mol. The van der Waals surface area contributed by atoms with Crippen molar-refractivity contribution in [1.82, 2.24) is 5.16 Å². The number of rotatable bonds is 3. The van der Waals surface area contributed by atoms with Crippen molar-refractivity contribution < 1.29 is 18.8 Å². The van der Waals surface area contributed by atoms with Crippen LogP contribution in [0, 0.1) is 13.8 Å². The van der Waals surface area contributed by atoms with Gasteiger partial charge < -0.3 is 14.2 Å². The van der Waals surface area contributed by atoms with Gasteiger partial charge in [-0.05, 0) is 32.0 Å². The van der Waals surface area contributed by atoms with E-state index in [2.05, 4.69) is 5.16 Å². The molecule has 0 radical (unpaired) electrons. The predicted molar refractivity (Wildman–Crippen MR) is 74.5 cm³/mol. The number of carbonyl (C=O) groups excluding carboxylic acids is 2. The maximum absolute atomic E-state index is 12.2. The molecule has 1 amide bonds. The Bertz CT molecular complexity index is 701. The highest BCUT2D eigenvalue weighted by molar-refractivity contribution is 5.98. The monoisotopic (exact) mass is 286 g/mol. The van der Waals surface area contributed by atoms with Crippen LogP contribution in [0.4, 0.5) is 5.69 Å². The first-order valence-corrected chi connectivity index (χ1v) is 6.54. The third kappa shape index (κ3) is 2.29. The second kappa shape index (κ2) is 5.05. The first-order chi connectivity index (χ1) is 10.1. The molecule has 1 aromatic carbocycles. The third-order valence-electron chi connectivity index (χ3n) is 3.56. The Balaban J connectivity index is 2.02. The van der Waals surface area contributed by atoms with Crippen molar-refractivity contribution in [1.29, 1.82) is 0 Å². The predicted octanol–water partition coefficient (Wildman–Crippen LogP) is 2.03. The van der Waals surface area contributed by atoms with Crippen LogP contribution in [-0.2, 0) is 11.3 Å². The zero-order chi connectivity index (χ0) is 15.0. The molecule has 0 N–H and O–H groups in total. The molecule has 1 aliphatic rings. The first kappa shape index (κ1) is 13.4. The number of carbonyl (C=O) groups is 2. The Morgan fingerprint density at radius 3 is 2.86 bits per heavy atom. The van der Waals surface area contributed by atoms with Crippen molar-refractivity contribution in [3.8, 4) is 5.75 Å². The number of hydrogen-bond acceptors (Lipinski definition) is 5. The normalized spacial score (nSPS) is 13.8. The van der Waals surface area contributed by atoms with Gasteiger partial charge in [0.15, 0.2) is 6.61 Å². The standard InChI is InChI=1S/C15H14N2O4/c1-9-12(10(2)21-16-9)6-17-13-5-11(7-18)3-4-14(13)20-8-15(17)19/h3-5,7H,6,8H2,1-2H3. The van der Waals surface area contributed by atoms with E-state index in [1.54, 1.807) is 23.1 Å². The van der Waals surface area contributed by atoms with Gasteiger partial charge in [-0.15, -0.1) is 0 Å². The van der Waals surface area contributed by atoms with E-state index in [-0.39, 0.29) is 12.5 Å². The lowest BCUT2D eigenvalue weighted by molar-refractivity contribution is -0.121. The summed E-state index contributed by atoms with van der Waals surface area (Å²) in [6.45, 7) is 3.97. The Morgan fingerprint density at radius 1 is 1.38 bits per heavy atom. The summed E-state index contributed by atoms with van der Waals surface area (Å²) in [5.41, 5.74) is 2.71. The average molecular weight is 286 g/mol. The van der Waals surface area contributed by atoms with E-state index in [1.165, 1.54) is 0 Å². The lowest BCUT2D eigenvalue weighted by Crippen LogP contribution is -2.38. The van der Waals surface area contributed by atoms with Crippen LogP contribution >= 0.6 is 0 Å². The van der Waals surface area contributed by atoms with Crippen molar-refractivity contribution in [2.24, 2.45) is 0 Å². The van der Waals surface area contributed by atoms with Gasteiger partial charge in [-0.2, -0.15) is 0 Å². The Labute approximate surface area is 121 Å². The molecule has 2 heterocycles. The molecular formula is C15H14N2O4. The summed E-state index contributed by atoms with van der Waals surface area (Å²) < 4.78 is 10.5. The molecule has 0 aliphatic carbocycles. The maximum atomic E-state index is 12.2. The second-order valence-corrected chi connectivity index (χ2v) is 4.92. The summed E-state index contributed by atoms with van der Waals surface area (Å²) in [7, 11) is 0. The summed E-state index contributed by atoms with van der Waals surface area (Å²) in [5.74, 6) is 1.11. The van der Waals surface area contributed by atoms with Gasteiger partial charge in [-0.1, -0.05) is 5.16 Å². The van der Waals surface area contributed by atoms with Crippen LogP contribution in [0.15, 0.2) is 22.7 Å². The molecule has 0 bridgehead atoms. The van der Waals surface area contributed by atoms with E-state index < -0.39 is 0 Å². The number of hydrogen-bond donors (Lipinski definition) is 0. The second-order valence-electron chi connectivity index (χ2n) is 4.92. The van der Waals surface area contributed by atoms with E-state index in [0.29, 0.717) is 29.3 Å². The zero-order valence-electron chi connectivity index (χ0n) is 11.8. The molecule has 6 nitrogen and oxygen atoms in total. The minimum atomic E-state index is -0.162. The largest absolute Gasteiger partial charge is 0.482 e. The molecule has 0 atom stereocenters. The Hall–Kier alpha value is -2.63. The molecule has 1 aliphatic heterocycles. The zero-order valence-corrected chi connectivity index (χ0v) is 11.8. The van der Waals surface area contributed by atoms with E-state index in [9.17, 15) is 9.59 Å². The summed E-state index contributed by atoms with van der Waals surface area (Å²) in [5, 5.41) is 3.90. The van der Waals surface area contributed by atoms with Gasteiger partial charge in [-0.25, -0.2) is 0 Å². The number of anilines is 1. The number of ether oxygens (including phenoxy) is 1. The van der Waals surface area contributed by atoms with Crippen LogP contribution in [0.25, 0.3) is 0 Å². The molecule has 0 saturated heterocycles. The topological polar surface area (TPSA) is 72.6 Å².